The van der Waals surface area contributed by atoms with E-state index in [0.29, 0.717) is 16.8 Å². The Kier molecular flexibility index (Phi) is 3.69. The summed E-state index contributed by atoms with van der Waals surface area (Å²) in [5.74, 6) is 0.383. The van der Waals surface area contributed by atoms with Crippen LogP contribution in [-0.2, 0) is 4.79 Å². The van der Waals surface area contributed by atoms with Gasteiger partial charge in [0.05, 0.1) is 11.8 Å². The highest BCUT2D eigenvalue weighted by Gasteiger charge is 2.48. The molecule has 0 saturated carbocycles. The van der Waals surface area contributed by atoms with Crippen LogP contribution in [0.25, 0.3) is 0 Å². The maximum absolute atomic E-state index is 11.7. The maximum Gasteiger partial charge on any atom is 0.218 e. The fourth-order valence-electron chi connectivity index (χ4n) is 2.05. The number of β-lactam (4-membered cyclic amide) rings is 1. The van der Waals surface area contributed by atoms with Gasteiger partial charge in [-0.1, -0.05) is 27.3 Å². The van der Waals surface area contributed by atoms with Gasteiger partial charge in [-0.25, -0.2) is 0 Å². The van der Waals surface area contributed by atoms with E-state index in [4.69, 9.17) is 0 Å². The Morgan fingerprint density at radius 3 is 2.50 bits per heavy atom. The molecule has 0 N–H and O–H groups in total. The minimum Gasteiger partial charge on any atom is -0.357 e. The molecule has 4 heteroatoms. The average molecular weight is 231 g/mol. The highest BCUT2D eigenvalue weighted by atomic mass is 32.2. The Bertz CT molecular complexity index is 234. The van der Waals surface area contributed by atoms with E-state index in [1.165, 1.54) is 6.04 Å². The standard InChI is InChI=1S/C10H21NOSSi/c1-6-14(5,8(2)3)11-9(12)7-10(11)13-4/h8,10H,6-7H2,1-5H3. The van der Waals surface area contributed by atoms with Crippen molar-refractivity contribution in [2.75, 3.05) is 6.26 Å². The molecule has 82 valence electrons. The van der Waals surface area contributed by atoms with E-state index in [9.17, 15) is 4.79 Å². The molecule has 0 aromatic rings. The summed E-state index contributed by atoms with van der Waals surface area (Å²) < 4.78 is 2.22. The summed E-state index contributed by atoms with van der Waals surface area (Å²) in [5, 5.41) is 0.474. The topological polar surface area (TPSA) is 20.3 Å². The van der Waals surface area contributed by atoms with Gasteiger partial charge >= 0.3 is 0 Å². The molecule has 0 bridgehead atoms. The molecule has 0 aromatic heterocycles. The molecular formula is C10H21NOSSi. The quantitative estimate of drug-likeness (QED) is 0.548. The average Bonchev–Trinajstić information content (AvgIpc) is 2.13. The smallest absolute Gasteiger partial charge is 0.218 e. The first kappa shape index (κ1) is 12.1. The molecule has 2 atom stereocenters. The minimum atomic E-state index is -1.50. The second-order valence-corrected chi connectivity index (χ2v) is 10.6. The third kappa shape index (κ3) is 1.74. The normalized spacial score (nSPS) is 26.3. The molecule has 1 rings (SSSR count). The van der Waals surface area contributed by atoms with Crippen molar-refractivity contribution in [3.8, 4) is 0 Å². The van der Waals surface area contributed by atoms with Gasteiger partial charge in [0.15, 0.2) is 8.24 Å². The summed E-state index contributed by atoms with van der Waals surface area (Å²) in [5.41, 5.74) is 0.659. The summed E-state index contributed by atoms with van der Waals surface area (Å²) in [4.78, 5) is 11.7. The third-order valence-electron chi connectivity index (χ3n) is 3.69. The molecule has 14 heavy (non-hydrogen) atoms. The lowest BCUT2D eigenvalue weighted by Crippen LogP contribution is -2.66. The van der Waals surface area contributed by atoms with Gasteiger partial charge in [0, 0.05) is 0 Å². The molecule has 0 aromatic carbocycles. The van der Waals surface area contributed by atoms with E-state index >= 15 is 0 Å². The summed E-state index contributed by atoms with van der Waals surface area (Å²) in [6.07, 6.45) is 2.87. The van der Waals surface area contributed by atoms with Crippen molar-refractivity contribution in [3.63, 3.8) is 0 Å². The summed E-state index contributed by atoms with van der Waals surface area (Å²) in [6.45, 7) is 9.10. The Labute approximate surface area is 92.5 Å². The molecule has 1 aliphatic heterocycles. The van der Waals surface area contributed by atoms with Crippen molar-refractivity contribution in [3.05, 3.63) is 0 Å². The van der Waals surface area contributed by atoms with Crippen LogP contribution in [0.15, 0.2) is 0 Å². The zero-order valence-electron chi connectivity index (χ0n) is 9.83. The number of carbonyl (C=O) groups is 1. The summed E-state index contributed by atoms with van der Waals surface area (Å²) >= 11 is 1.82. The molecule has 1 amide bonds. The SMILES string of the molecule is CC[Si](C)(C(C)C)N1C(=O)CC1SC. The van der Waals surface area contributed by atoms with Crippen molar-refractivity contribution in [1.29, 1.82) is 0 Å². The minimum absolute atomic E-state index is 0.383. The number of hydrogen-bond donors (Lipinski definition) is 0. The van der Waals surface area contributed by atoms with Gasteiger partial charge in [-0.3, -0.25) is 4.79 Å². The number of thioether (sulfide) groups is 1. The van der Waals surface area contributed by atoms with Gasteiger partial charge in [0.2, 0.25) is 5.91 Å². The lowest BCUT2D eigenvalue weighted by Gasteiger charge is -2.52. The van der Waals surface area contributed by atoms with Crippen LogP contribution in [-0.4, -0.2) is 30.3 Å². The zero-order valence-corrected chi connectivity index (χ0v) is 11.6. The van der Waals surface area contributed by atoms with Crippen molar-refractivity contribution < 1.29 is 4.79 Å². The molecule has 2 unspecified atom stereocenters. The van der Waals surface area contributed by atoms with E-state index in [-0.39, 0.29) is 0 Å². The highest BCUT2D eigenvalue weighted by Crippen LogP contribution is 2.39. The Hall–Kier alpha value is 0.0369. The summed E-state index contributed by atoms with van der Waals surface area (Å²) in [6, 6.07) is 1.17. The second kappa shape index (κ2) is 4.27. The lowest BCUT2D eigenvalue weighted by molar-refractivity contribution is -0.135. The molecule has 0 radical (unpaired) electrons. The summed E-state index contributed by atoms with van der Waals surface area (Å²) in [7, 11) is -1.50. The van der Waals surface area contributed by atoms with Crippen molar-refractivity contribution in [2.45, 2.75) is 50.7 Å². The lowest BCUT2D eigenvalue weighted by atomic mass is 10.3. The Balaban J connectivity index is 2.83. The van der Waals surface area contributed by atoms with E-state index in [1.54, 1.807) is 0 Å². The first-order valence-electron chi connectivity index (χ1n) is 5.32. The van der Waals surface area contributed by atoms with Gasteiger partial charge in [0.1, 0.15) is 0 Å². The monoisotopic (exact) mass is 231 g/mol. The molecule has 0 spiro atoms. The van der Waals surface area contributed by atoms with Crippen LogP contribution in [0.1, 0.15) is 27.2 Å². The number of amides is 1. The van der Waals surface area contributed by atoms with Crippen LogP contribution in [0.4, 0.5) is 0 Å². The maximum atomic E-state index is 11.7. The predicted octanol–water partition coefficient (Wildman–Crippen LogP) is 2.91. The molecule has 0 aliphatic carbocycles. The molecule has 2 nitrogen and oxygen atoms in total. The first-order valence-corrected chi connectivity index (χ1v) is 9.34. The van der Waals surface area contributed by atoms with E-state index in [2.05, 4.69) is 38.1 Å². The van der Waals surface area contributed by atoms with E-state index in [0.717, 1.165) is 6.42 Å². The molecule has 1 heterocycles. The van der Waals surface area contributed by atoms with Gasteiger partial charge < -0.3 is 4.57 Å². The van der Waals surface area contributed by atoms with Gasteiger partial charge in [-0.05, 0) is 17.8 Å². The molecule has 1 aliphatic rings. The van der Waals surface area contributed by atoms with Gasteiger partial charge in [0.25, 0.3) is 0 Å². The van der Waals surface area contributed by atoms with Crippen LogP contribution in [0.2, 0.25) is 18.1 Å². The number of rotatable bonds is 4. The number of hydrogen-bond acceptors (Lipinski definition) is 2. The predicted molar refractivity (Wildman–Crippen MR) is 66.0 cm³/mol. The van der Waals surface area contributed by atoms with Crippen LogP contribution in [0.5, 0.6) is 0 Å². The largest absolute Gasteiger partial charge is 0.357 e. The highest BCUT2D eigenvalue weighted by molar-refractivity contribution is 7.99. The fourth-order valence-corrected chi connectivity index (χ4v) is 6.85. The Morgan fingerprint density at radius 1 is 1.64 bits per heavy atom. The zero-order chi connectivity index (χ0) is 10.9. The van der Waals surface area contributed by atoms with Crippen molar-refractivity contribution in [2.24, 2.45) is 0 Å². The Morgan fingerprint density at radius 2 is 2.21 bits per heavy atom. The van der Waals surface area contributed by atoms with Crippen LogP contribution in [0.3, 0.4) is 0 Å². The number of nitrogens with zero attached hydrogens (tertiary/aromatic N) is 1. The van der Waals surface area contributed by atoms with Gasteiger partial charge in [-0.2, -0.15) is 0 Å². The van der Waals surface area contributed by atoms with Crippen molar-refractivity contribution in [1.82, 2.24) is 4.57 Å². The van der Waals surface area contributed by atoms with E-state index < -0.39 is 8.24 Å². The fraction of sp³-hybridized carbons (Fsp3) is 0.900. The third-order valence-corrected chi connectivity index (χ3v) is 10.4. The molecular weight excluding hydrogens is 210 g/mol. The van der Waals surface area contributed by atoms with Crippen LogP contribution >= 0.6 is 11.8 Å². The van der Waals surface area contributed by atoms with Crippen LogP contribution in [0, 0.1) is 0 Å². The molecule has 1 fully saturated rings. The first-order chi connectivity index (χ1) is 6.47. The number of carbonyl (C=O) groups excluding carboxylic acids is 1. The second-order valence-electron chi connectivity index (χ2n) is 4.52. The molecule has 1 saturated heterocycles. The van der Waals surface area contributed by atoms with Gasteiger partial charge in [-0.15, -0.1) is 11.8 Å². The van der Waals surface area contributed by atoms with Crippen molar-refractivity contribution >= 4 is 25.9 Å². The van der Waals surface area contributed by atoms with Crippen LogP contribution < -0.4 is 0 Å². The van der Waals surface area contributed by atoms with E-state index in [1.807, 2.05) is 11.8 Å².